The minimum Gasteiger partial charge on any atom is -0.497 e. The van der Waals surface area contributed by atoms with Crippen molar-refractivity contribution < 1.29 is 23.7 Å². The molecule has 0 unspecified atom stereocenters. The number of hydrogen-bond acceptors (Lipinski definition) is 6. The van der Waals surface area contributed by atoms with E-state index < -0.39 is 11.7 Å². The molecule has 0 N–H and O–H groups in total. The van der Waals surface area contributed by atoms with Crippen LogP contribution in [0.3, 0.4) is 0 Å². The second-order valence-electron chi connectivity index (χ2n) is 8.03. The lowest BCUT2D eigenvalue weighted by atomic mass is 9.98. The molecule has 160 valence electrons. The summed E-state index contributed by atoms with van der Waals surface area (Å²) in [6.07, 6.45) is 4.80. The molecule has 0 saturated carbocycles. The molecule has 1 aromatic heterocycles. The predicted octanol–water partition coefficient (Wildman–Crippen LogP) is 3.52. The van der Waals surface area contributed by atoms with E-state index in [1.165, 1.54) is 0 Å². The lowest BCUT2D eigenvalue weighted by Gasteiger charge is -2.21. The zero-order chi connectivity index (χ0) is 22.2. The highest BCUT2D eigenvalue weighted by Crippen LogP contribution is 2.26. The highest BCUT2D eigenvalue weighted by molar-refractivity contribution is 5.87. The Morgan fingerprint density at radius 2 is 1.77 bits per heavy atom. The molecule has 0 amide bonds. The number of hydrogen-bond donors (Lipinski definition) is 0. The Morgan fingerprint density at radius 1 is 1.06 bits per heavy atom. The van der Waals surface area contributed by atoms with Crippen LogP contribution in [-0.4, -0.2) is 23.9 Å². The molecule has 2 aromatic carbocycles. The number of carbonyl (C=O) groups is 1. The van der Waals surface area contributed by atoms with Gasteiger partial charge in [-0.2, -0.15) is 0 Å². The summed E-state index contributed by atoms with van der Waals surface area (Å²) >= 11 is 0. The summed E-state index contributed by atoms with van der Waals surface area (Å²) in [6.45, 7) is 7.22. The second-order valence-corrected chi connectivity index (χ2v) is 8.03. The van der Waals surface area contributed by atoms with E-state index in [1.807, 2.05) is 43.3 Å². The maximum Gasteiger partial charge on any atom is 0.318 e. The van der Waals surface area contributed by atoms with Gasteiger partial charge in [0.1, 0.15) is 5.75 Å². The molecular formula is C25H25NO5. The van der Waals surface area contributed by atoms with Crippen LogP contribution in [0.1, 0.15) is 37.9 Å². The molecule has 0 radical (unpaired) electrons. The quantitative estimate of drug-likeness (QED) is 0.603. The van der Waals surface area contributed by atoms with Gasteiger partial charge in [-0.3, -0.25) is 9.78 Å². The van der Waals surface area contributed by atoms with Crippen LogP contribution < -0.4 is 19.9 Å². The van der Waals surface area contributed by atoms with E-state index in [1.54, 1.807) is 46.6 Å². The number of rotatable bonds is 4. The third kappa shape index (κ3) is 4.19. The minimum atomic E-state index is -0.824. The summed E-state index contributed by atoms with van der Waals surface area (Å²) in [6, 6.07) is 11.8. The zero-order valence-corrected chi connectivity index (χ0v) is 18.3. The van der Waals surface area contributed by atoms with E-state index in [4.69, 9.17) is 18.9 Å². The van der Waals surface area contributed by atoms with Gasteiger partial charge in [0.25, 0.3) is 0 Å². The Morgan fingerprint density at radius 3 is 2.55 bits per heavy atom. The molecule has 4 rings (SSSR count). The van der Waals surface area contributed by atoms with Gasteiger partial charge >= 0.3 is 5.97 Å². The monoisotopic (exact) mass is 419 g/mol. The van der Waals surface area contributed by atoms with Crippen molar-refractivity contribution in [1.29, 1.82) is 0 Å². The van der Waals surface area contributed by atoms with E-state index >= 15 is 0 Å². The van der Waals surface area contributed by atoms with Gasteiger partial charge < -0.3 is 18.9 Å². The van der Waals surface area contributed by atoms with Crippen molar-refractivity contribution in [1.82, 2.24) is 4.98 Å². The van der Waals surface area contributed by atoms with Crippen LogP contribution in [0.5, 0.6) is 11.5 Å². The van der Waals surface area contributed by atoms with E-state index in [0.29, 0.717) is 21.9 Å². The van der Waals surface area contributed by atoms with Crippen molar-refractivity contribution in [2.45, 2.75) is 39.4 Å². The van der Waals surface area contributed by atoms with Crippen molar-refractivity contribution in [3.63, 3.8) is 0 Å². The van der Waals surface area contributed by atoms with Gasteiger partial charge in [0.05, 0.1) is 36.5 Å². The third-order valence-corrected chi connectivity index (χ3v) is 5.34. The normalized spacial score (nSPS) is 15.3. The van der Waals surface area contributed by atoms with E-state index in [2.05, 4.69) is 4.98 Å². The molecule has 0 bridgehead atoms. The van der Waals surface area contributed by atoms with Crippen LogP contribution in [0.4, 0.5) is 0 Å². The second kappa shape index (κ2) is 7.95. The molecule has 6 heteroatoms. The lowest BCUT2D eigenvalue weighted by Crippen LogP contribution is -2.31. The molecule has 1 aliphatic heterocycles. The number of pyridine rings is 1. The predicted molar refractivity (Wildman–Crippen MR) is 118 cm³/mol. The van der Waals surface area contributed by atoms with Crippen molar-refractivity contribution in [2.75, 3.05) is 7.11 Å². The summed E-state index contributed by atoms with van der Waals surface area (Å²) in [5, 5.41) is 3.39. The Labute approximate surface area is 180 Å². The molecular weight excluding hydrogens is 394 g/mol. The first-order valence-corrected chi connectivity index (χ1v) is 10.1. The summed E-state index contributed by atoms with van der Waals surface area (Å²) in [4.78, 5) is 17.4. The van der Waals surface area contributed by atoms with Gasteiger partial charge in [0.15, 0.2) is 5.75 Å². The van der Waals surface area contributed by atoms with Crippen LogP contribution in [0.2, 0.25) is 0 Å². The molecule has 0 aliphatic carbocycles. The van der Waals surface area contributed by atoms with Gasteiger partial charge in [-0.25, -0.2) is 0 Å². The van der Waals surface area contributed by atoms with Gasteiger partial charge in [0.2, 0.25) is 5.79 Å². The summed E-state index contributed by atoms with van der Waals surface area (Å²) < 4.78 is 22.4. The number of aryl methyl sites for hydroxylation is 1. The Hall–Kier alpha value is -3.54. The maximum atomic E-state index is 13.0. The highest BCUT2D eigenvalue weighted by atomic mass is 16.7. The maximum absolute atomic E-state index is 13.0. The molecule has 3 aromatic rings. The standard InChI is InChI=1S/C25H25NO5/c1-15(17-6-7-19-11-21(28-5)9-8-18(19)10-17)24(27)31-23-16(2)26-12-20-13-29-25(3,4)30-14-22(20)23/h6-15H,1-5H3/t15-/m0/s1. The number of methoxy groups -OCH3 is 1. The van der Waals surface area contributed by atoms with Crippen LogP contribution in [0.25, 0.3) is 23.3 Å². The minimum absolute atomic E-state index is 0.371. The topological polar surface area (TPSA) is 66.9 Å². The Kier molecular flexibility index (Phi) is 5.31. The van der Waals surface area contributed by atoms with Crippen molar-refractivity contribution >= 4 is 29.3 Å². The van der Waals surface area contributed by atoms with Crippen molar-refractivity contribution in [3.05, 3.63) is 64.3 Å². The molecule has 2 heterocycles. The number of esters is 1. The zero-order valence-electron chi connectivity index (χ0n) is 18.3. The largest absolute Gasteiger partial charge is 0.497 e. The lowest BCUT2D eigenvalue weighted by molar-refractivity contribution is -0.135. The van der Waals surface area contributed by atoms with Crippen LogP contribution >= 0.6 is 0 Å². The first-order chi connectivity index (χ1) is 14.8. The van der Waals surface area contributed by atoms with E-state index in [-0.39, 0.29) is 5.97 Å². The van der Waals surface area contributed by atoms with Gasteiger partial charge in [-0.1, -0.05) is 24.3 Å². The molecule has 0 spiro atoms. The molecule has 31 heavy (non-hydrogen) atoms. The number of fused-ring (bicyclic) bond motifs is 2. The average molecular weight is 419 g/mol. The molecule has 1 aliphatic rings. The van der Waals surface area contributed by atoms with Gasteiger partial charge in [0, 0.05) is 25.3 Å². The Bertz CT molecular complexity index is 1280. The van der Waals surface area contributed by atoms with Gasteiger partial charge in [-0.05, 0) is 42.3 Å². The molecule has 6 nitrogen and oxygen atoms in total. The molecule has 0 saturated heterocycles. The fraction of sp³-hybridized carbons (Fsp3) is 0.280. The van der Waals surface area contributed by atoms with Crippen molar-refractivity contribution in [2.24, 2.45) is 0 Å². The van der Waals surface area contributed by atoms with Crippen molar-refractivity contribution in [3.8, 4) is 11.5 Å². The number of aromatic nitrogens is 1. The molecule has 0 fully saturated rings. The molecule has 1 atom stereocenters. The summed E-state index contributed by atoms with van der Waals surface area (Å²) in [5.74, 6) is -0.496. The summed E-state index contributed by atoms with van der Waals surface area (Å²) in [5.41, 5.74) is 1.46. The number of ether oxygens (including phenoxy) is 4. The fourth-order valence-corrected chi connectivity index (χ4v) is 3.36. The van der Waals surface area contributed by atoms with Crippen LogP contribution in [-0.2, 0) is 14.3 Å². The fourth-order valence-electron chi connectivity index (χ4n) is 3.36. The average Bonchev–Trinajstić information content (AvgIpc) is 2.92. The van der Waals surface area contributed by atoms with Crippen LogP contribution in [0, 0.1) is 6.92 Å². The third-order valence-electron chi connectivity index (χ3n) is 5.34. The van der Waals surface area contributed by atoms with Gasteiger partial charge in [-0.15, -0.1) is 0 Å². The first kappa shape index (κ1) is 20.7. The number of carbonyl (C=O) groups excluding carboxylic acids is 1. The Balaban J connectivity index is 1.65. The summed E-state index contributed by atoms with van der Waals surface area (Å²) in [7, 11) is 1.64. The highest BCUT2D eigenvalue weighted by Gasteiger charge is 2.23. The van der Waals surface area contributed by atoms with E-state index in [9.17, 15) is 4.79 Å². The SMILES string of the molecule is COc1ccc2cc([C@H](C)C(=O)Oc3c(C)ncc4c3=COC(C)(C)OC=4)ccc2c1. The smallest absolute Gasteiger partial charge is 0.318 e. The van der Waals surface area contributed by atoms with E-state index in [0.717, 1.165) is 22.1 Å². The van der Waals surface area contributed by atoms with Crippen LogP contribution in [0.15, 0.2) is 42.6 Å². The number of benzene rings is 2. The number of nitrogens with zero attached hydrogens (tertiary/aromatic N) is 1. The first-order valence-electron chi connectivity index (χ1n) is 10.1.